The number of pyridine rings is 1. The van der Waals surface area contributed by atoms with Crippen molar-refractivity contribution in [2.45, 2.75) is 12.3 Å². The molecule has 0 bridgehead atoms. The lowest BCUT2D eigenvalue weighted by Crippen LogP contribution is -2.00. The SMILES string of the molecule is O=C(O)[C@@H]1C[C@H]1c1cc(F)ccn1. The number of aromatic nitrogens is 1. The fourth-order valence-corrected chi connectivity index (χ4v) is 1.42. The lowest BCUT2D eigenvalue weighted by molar-refractivity contribution is -0.138. The monoisotopic (exact) mass is 181 g/mol. The molecule has 0 radical (unpaired) electrons. The summed E-state index contributed by atoms with van der Waals surface area (Å²) in [6, 6.07) is 2.55. The first-order valence-electron chi connectivity index (χ1n) is 4.03. The Morgan fingerprint density at radius 3 is 3.00 bits per heavy atom. The Labute approximate surface area is 74.2 Å². The third kappa shape index (κ3) is 1.52. The lowest BCUT2D eigenvalue weighted by atomic mass is 10.2. The number of carbonyl (C=O) groups is 1. The number of hydrogen-bond donors (Lipinski definition) is 1. The number of carboxylic acid groups (broad SMARTS) is 1. The largest absolute Gasteiger partial charge is 0.481 e. The molecule has 2 rings (SSSR count). The smallest absolute Gasteiger partial charge is 0.307 e. The third-order valence-corrected chi connectivity index (χ3v) is 2.23. The molecule has 1 fully saturated rings. The molecule has 13 heavy (non-hydrogen) atoms. The van der Waals surface area contributed by atoms with Crippen LogP contribution in [-0.4, -0.2) is 16.1 Å². The van der Waals surface area contributed by atoms with Crippen LogP contribution >= 0.6 is 0 Å². The zero-order chi connectivity index (χ0) is 9.42. The topological polar surface area (TPSA) is 50.2 Å². The molecule has 68 valence electrons. The van der Waals surface area contributed by atoms with Crippen molar-refractivity contribution in [1.29, 1.82) is 0 Å². The van der Waals surface area contributed by atoms with E-state index >= 15 is 0 Å². The van der Waals surface area contributed by atoms with Gasteiger partial charge >= 0.3 is 5.97 Å². The predicted octanol–water partition coefficient (Wildman–Crippen LogP) is 1.41. The quantitative estimate of drug-likeness (QED) is 0.750. The highest BCUT2D eigenvalue weighted by atomic mass is 19.1. The van der Waals surface area contributed by atoms with Crippen LogP contribution in [0, 0.1) is 11.7 Å². The summed E-state index contributed by atoms with van der Waals surface area (Å²) in [6.07, 6.45) is 1.94. The summed E-state index contributed by atoms with van der Waals surface area (Å²) in [6.45, 7) is 0. The van der Waals surface area contributed by atoms with Gasteiger partial charge in [-0.15, -0.1) is 0 Å². The average Bonchev–Trinajstić information content (AvgIpc) is 2.82. The van der Waals surface area contributed by atoms with Crippen molar-refractivity contribution < 1.29 is 14.3 Å². The van der Waals surface area contributed by atoms with Crippen molar-refractivity contribution in [2.75, 3.05) is 0 Å². The van der Waals surface area contributed by atoms with Gasteiger partial charge in [0, 0.05) is 17.8 Å². The Bertz CT molecular complexity index is 353. The van der Waals surface area contributed by atoms with Crippen molar-refractivity contribution in [1.82, 2.24) is 4.98 Å². The molecule has 0 amide bonds. The molecule has 1 aliphatic carbocycles. The van der Waals surface area contributed by atoms with Crippen LogP contribution in [0.3, 0.4) is 0 Å². The highest BCUT2D eigenvalue weighted by Gasteiger charge is 2.45. The van der Waals surface area contributed by atoms with Crippen molar-refractivity contribution in [2.24, 2.45) is 5.92 Å². The van der Waals surface area contributed by atoms with Crippen LogP contribution in [0.2, 0.25) is 0 Å². The molecule has 4 heteroatoms. The molecule has 1 aromatic rings. The number of nitrogens with zero attached hydrogens (tertiary/aromatic N) is 1. The van der Waals surface area contributed by atoms with Gasteiger partial charge in [0.1, 0.15) is 5.82 Å². The second kappa shape index (κ2) is 2.80. The van der Waals surface area contributed by atoms with E-state index in [1.807, 2.05) is 0 Å². The van der Waals surface area contributed by atoms with E-state index in [2.05, 4.69) is 4.98 Å². The fraction of sp³-hybridized carbons (Fsp3) is 0.333. The van der Waals surface area contributed by atoms with E-state index in [-0.39, 0.29) is 17.7 Å². The molecule has 2 atom stereocenters. The van der Waals surface area contributed by atoms with Crippen LogP contribution in [0.4, 0.5) is 4.39 Å². The van der Waals surface area contributed by atoms with Gasteiger partial charge in [-0.05, 0) is 18.6 Å². The summed E-state index contributed by atoms with van der Waals surface area (Å²) in [4.78, 5) is 14.4. The molecule has 1 aromatic heterocycles. The van der Waals surface area contributed by atoms with Gasteiger partial charge < -0.3 is 5.11 Å². The normalized spacial score (nSPS) is 25.6. The molecular weight excluding hydrogens is 173 g/mol. The van der Waals surface area contributed by atoms with E-state index in [9.17, 15) is 9.18 Å². The van der Waals surface area contributed by atoms with Crippen LogP contribution in [-0.2, 0) is 4.79 Å². The minimum absolute atomic E-state index is 0.0896. The average molecular weight is 181 g/mol. The van der Waals surface area contributed by atoms with Gasteiger partial charge in [-0.25, -0.2) is 4.39 Å². The van der Waals surface area contributed by atoms with Crippen LogP contribution in [0.15, 0.2) is 18.3 Å². The fourth-order valence-electron chi connectivity index (χ4n) is 1.42. The summed E-state index contributed by atoms with van der Waals surface area (Å²) in [7, 11) is 0. The van der Waals surface area contributed by atoms with Gasteiger partial charge in [0.15, 0.2) is 0 Å². The summed E-state index contributed by atoms with van der Waals surface area (Å²) in [5.74, 6) is -1.64. The van der Waals surface area contributed by atoms with Crippen LogP contribution in [0.1, 0.15) is 18.0 Å². The molecule has 1 heterocycles. The highest BCUT2D eigenvalue weighted by molar-refractivity contribution is 5.75. The zero-order valence-corrected chi connectivity index (χ0v) is 6.77. The Morgan fingerprint density at radius 1 is 1.69 bits per heavy atom. The van der Waals surface area contributed by atoms with Crippen LogP contribution in [0.5, 0.6) is 0 Å². The van der Waals surface area contributed by atoms with Crippen molar-refractivity contribution >= 4 is 5.97 Å². The molecule has 0 spiro atoms. The summed E-state index contributed by atoms with van der Waals surface area (Å²) in [5.41, 5.74) is 0.549. The van der Waals surface area contributed by atoms with E-state index < -0.39 is 5.97 Å². The first kappa shape index (κ1) is 8.16. The maximum absolute atomic E-state index is 12.7. The maximum atomic E-state index is 12.7. The highest BCUT2D eigenvalue weighted by Crippen LogP contribution is 2.46. The van der Waals surface area contributed by atoms with Crippen molar-refractivity contribution in [3.05, 3.63) is 29.8 Å². The van der Waals surface area contributed by atoms with E-state index in [1.54, 1.807) is 0 Å². The molecule has 3 nitrogen and oxygen atoms in total. The molecule has 0 unspecified atom stereocenters. The molecule has 1 N–H and O–H groups in total. The van der Waals surface area contributed by atoms with Gasteiger partial charge in [0.25, 0.3) is 0 Å². The number of hydrogen-bond acceptors (Lipinski definition) is 2. The van der Waals surface area contributed by atoms with Crippen LogP contribution in [0.25, 0.3) is 0 Å². The minimum atomic E-state index is -0.823. The lowest BCUT2D eigenvalue weighted by Gasteiger charge is -1.96. The molecule has 0 aliphatic heterocycles. The van der Waals surface area contributed by atoms with Crippen LogP contribution < -0.4 is 0 Å². The Morgan fingerprint density at radius 2 is 2.46 bits per heavy atom. The predicted molar refractivity (Wildman–Crippen MR) is 42.7 cm³/mol. The first-order chi connectivity index (χ1) is 6.18. The summed E-state index contributed by atoms with van der Waals surface area (Å²) >= 11 is 0. The standard InChI is InChI=1S/C9H8FNO2/c10-5-1-2-11-8(3-5)6-4-7(6)9(12)13/h1-3,6-7H,4H2,(H,12,13)/t6-,7-/m1/s1. The van der Waals surface area contributed by atoms with Gasteiger partial charge in [-0.1, -0.05) is 0 Å². The molecular formula is C9H8FNO2. The van der Waals surface area contributed by atoms with Gasteiger partial charge in [-0.2, -0.15) is 0 Å². The van der Waals surface area contributed by atoms with Crippen molar-refractivity contribution in [3.63, 3.8) is 0 Å². The first-order valence-corrected chi connectivity index (χ1v) is 4.03. The van der Waals surface area contributed by atoms with E-state index in [4.69, 9.17) is 5.11 Å². The summed E-state index contributed by atoms with van der Waals surface area (Å²) in [5, 5.41) is 8.63. The van der Waals surface area contributed by atoms with Gasteiger partial charge in [-0.3, -0.25) is 9.78 Å². The molecule has 0 aromatic carbocycles. The number of aliphatic carboxylic acids is 1. The maximum Gasteiger partial charge on any atom is 0.307 e. The van der Waals surface area contributed by atoms with E-state index in [1.165, 1.54) is 18.3 Å². The minimum Gasteiger partial charge on any atom is -0.481 e. The Balaban J connectivity index is 2.16. The van der Waals surface area contributed by atoms with Gasteiger partial charge in [0.05, 0.1) is 5.92 Å². The van der Waals surface area contributed by atoms with Gasteiger partial charge in [0.2, 0.25) is 0 Å². The third-order valence-electron chi connectivity index (χ3n) is 2.23. The summed E-state index contributed by atoms with van der Waals surface area (Å²) < 4.78 is 12.7. The number of carboxylic acids is 1. The Kier molecular flexibility index (Phi) is 1.76. The second-order valence-electron chi connectivity index (χ2n) is 3.19. The Hall–Kier alpha value is -1.45. The van der Waals surface area contributed by atoms with E-state index in [0.717, 1.165) is 0 Å². The zero-order valence-electron chi connectivity index (χ0n) is 6.77. The number of halogens is 1. The van der Waals surface area contributed by atoms with Crippen molar-refractivity contribution in [3.8, 4) is 0 Å². The van der Waals surface area contributed by atoms with E-state index in [0.29, 0.717) is 12.1 Å². The molecule has 0 saturated heterocycles. The molecule has 1 aliphatic rings. The molecule has 1 saturated carbocycles. The number of rotatable bonds is 2. The second-order valence-corrected chi connectivity index (χ2v) is 3.19.